The van der Waals surface area contributed by atoms with Crippen LogP contribution in [0.25, 0.3) is 0 Å². The van der Waals surface area contributed by atoms with Crippen LogP contribution in [0.1, 0.15) is 37.7 Å². The molecular weight excluding hydrogens is 256 g/mol. The molecular formula is C15H20N2O3. The monoisotopic (exact) mass is 276 g/mol. The van der Waals surface area contributed by atoms with Gasteiger partial charge in [-0.25, -0.2) is 0 Å². The number of carboxylic acids is 1. The van der Waals surface area contributed by atoms with Crippen LogP contribution < -0.4 is 5.32 Å². The standard InChI is InChI=1S/C15H20N2O3/c18-13(3-2-12-4-8-16-9-5-12)17-11-15(6-1-7-15)10-14(19)20/h4-5,8-9H,1-3,6-7,10-11H2,(H,17,18)(H,19,20). The summed E-state index contributed by atoms with van der Waals surface area (Å²) in [4.78, 5) is 26.6. The van der Waals surface area contributed by atoms with Gasteiger partial charge in [0.2, 0.25) is 5.91 Å². The minimum atomic E-state index is -0.782. The van der Waals surface area contributed by atoms with Crippen LogP contribution in [-0.2, 0) is 16.0 Å². The van der Waals surface area contributed by atoms with E-state index in [0.717, 1.165) is 24.8 Å². The van der Waals surface area contributed by atoms with Crippen LogP contribution in [0.4, 0.5) is 0 Å². The molecule has 1 saturated carbocycles. The summed E-state index contributed by atoms with van der Waals surface area (Å²) in [5.74, 6) is -0.797. The molecule has 0 bridgehead atoms. The van der Waals surface area contributed by atoms with Crippen LogP contribution in [0, 0.1) is 5.41 Å². The highest BCUT2D eigenvalue weighted by Gasteiger charge is 2.39. The number of carboxylic acid groups (broad SMARTS) is 1. The SMILES string of the molecule is O=C(O)CC1(CNC(=O)CCc2ccncc2)CCC1. The molecule has 2 rings (SSSR count). The van der Waals surface area contributed by atoms with Gasteiger partial charge < -0.3 is 10.4 Å². The molecule has 1 aromatic heterocycles. The normalized spacial score (nSPS) is 16.2. The third-order valence-corrected chi connectivity index (χ3v) is 3.99. The summed E-state index contributed by atoms with van der Waals surface area (Å²) in [6.45, 7) is 0.481. The third-order valence-electron chi connectivity index (χ3n) is 3.99. The van der Waals surface area contributed by atoms with Gasteiger partial charge in [-0.3, -0.25) is 14.6 Å². The number of hydrogen-bond acceptors (Lipinski definition) is 3. The molecule has 1 fully saturated rings. The number of nitrogens with one attached hydrogen (secondary N) is 1. The van der Waals surface area contributed by atoms with Crippen molar-refractivity contribution in [1.29, 1.82) is 0 Å². The second-order valence-corrected chi connectivity index (χ2v) is 5.56. The third kappa shape index (κ3) is 4.05. The van der Waals surface area contributed by atoms with Gasteiger partial charge in [0.05, 0.1) is 6.42 Å². The highest BCUT2D eigenvalue weighted by atomic mass is 16.4. The van der Waals surface area contributed by atoms with Crippen molar-refractivity contribution in [3.05, 3.63) is 30.1 Å². The summed E-state index contributed by atoms with van der Waals surface area (Å²) in [7, 11) is 0. The molecule has 5 nitrogen and oxygen atoms in total. The van der Waals surface area contributed by atoms with Crippen LogP contribution in [-0.4, -0.2) is 28.5 Å². The van der Waals surface area contributed by atoms with E-state index in [1.807, 2.05) is 12.1 Å². The molecule has 1 heterocycles. The first-order chi connectivity index (χ1) is 9.60. The van der Waals surface area contributed by atoms with Gasteiger partial charge in [-0.05, 0) is 42.4 Å². The van der Waals surface area contributed by atoms with E-state index < -0.39 is 5.97 Å². The quantitative estimate of drug-likeness (QED) is 0.795. The van der Waals surface area contributed by atoms with Crippen molar-refractivity contribution >= 4 is 11.9 Å². The smallest absolute Gasteiger partial charge is 0.303 e. The number of amides is 1. The zero-order valence-electron chi connectivity index (χ0n) is 11.5. The van der Waals surface area contributed by atoms with Crippen LogP contribution in [0.15, 0.2) is 24.5 Å². The van der Waals surface area contributed by atoms with Gasteiger partial charge >= 0.3 is 5.97 Å². The molecule has 0 atom stereocenters. The maximum Gasteiger partial charge on any atom is 0.303 e. The minimum absolute atomic E-state index is 0.0153. The minimum Gasteiger partial charge on any atom is -0.481 e. The summed E-state index contributed by atoms with van der Waals surface area (Å²) in [6.07, 6.45) is 7.52. The van der Waals surface area contributed by atoms with Crippen LogP contribution >= 0.6 is 0 Å². The van der Waals surface area contributed by atoms with Gasteiger partial charge in [-0.2, -0.15) is 0 Å². The maximum atomic E-state index is 11.8. The van der Waals surface area contributed by atoms with E-state index in [2.05, 4.69) is 10.3 Å². The molecule has 1 aromatic rings. The zero-order valence-corrected chi connectivity index (χ0v) is 11.5. The Morgan fingerprint density at radius 3 is 2.55 bits per heavy atom. The van der Waals surface area contributed by atoms with Crippen molar-refractivity contribution in [2.75, 3.05) is 6.54 Å². The Morgan fingerprint density at radius 1 is 1.30 bits per heavy atom. The molecule has 0 radical (unpaired) electrons. The summed E-state index contributed by atoms with van der Waals surface area (Å²) in [5, 5.41) is 11.8. The lowest BCUT2D eigenvalue weighted by Crippen LogP contribution is -2.43. The lowest BCUT2D eigenvalue weighted by atomic mass is 9.66. The predicted octanol–water partition coefficient (Wildman–Crippen LogP) is 1.78. The van der Waals surface area contributed by atoms with Crippen LogP contribution in [0.5, 0.6) is 0 Å². The molecule has 20 heavy (non-hydrogen) atoms. The van der Waals surface area contributed by atoms with Gasteiger partial charge in [-0.15, -0.1) is 0 Å². The first-order valence-corrected chi connectivity index (χ1v) is 6.97. The van der Waals surface area contributed by atoms with Gasteiger partial charge in [-0.1, -0.05) is 6.42 Å². The van der Waals surface area contributed by atoms with Gasteiger partial charge in [0, 0.05) is 25.4 Å². The Kier molecular flexibility index (Phi) is 4.71. The number of carbonyl (C=O) groups is 2. The summed E-state index contributed by atoms with van der Waals surface area (Å²) in [6, 6.07) is 3.79. The lowest BCUT2D eigenvalue weighted by molar-refractivity contribution is -0.141. The van der Waals surface area contributed by atoms with E-state index in [-0.39, 0.29) is 17.7 Å². The molecule has 5 heteroatoms. The fraction of sp³-hybridized carbons (Fsp3) is 0.533. The lowest BCUT2D eigenvalue weighted by Gasteiger charge is -2.40. The largest absolute Gasteiger partial charge is 0.481 e. The van der Waals surface area contributed by atoms with Crippen molar-refractivity contribution in [3.63, 3.8) is 0 Å². The van der Waals surface area contributed by atoms with Gasteiger partial charge in [0.25, 0.3) is 0 Å². The molecule has 0 unspecified atom stereocenters. The van der Waals surface area contributed by atoms with Crippen molar-refractivity contribution in [2.24, 2.45) is 5.41 Å². The Hall–Kier alpha value is -1.91. The molecule has 0 saturated heterocycles. The number of aryl methyl sites for hydroxylation is 1. The number of hydrogen-bond donors (Lipinski definition) is 2. The van der Waals surface area contributed by atoms with E-state index in [1.54, 1.807) is 12.4 Å². The first kappa shape index (κ1) is 14.5. The molecule has 1 amide bonds. The summed E-state index contributed by atoms with van der Waals surface area (Å²) < 4.78 is 0. The summed E-state index contributed by atoms with van der Waals surface area (Å²) >= 11 is 0. The zero-order chi connectivity index (χ0) is 14.4. The van der Waals surface area contributed by atoms with Gasteiger partial charge in [0.1, 0.15) is 0 Å². The van der Waals surface area contributed by atoms with Crippen LogP contribution in [0.3, 0.4) is 0 Å². The number of aliphatic carboxylic acids is 1. The van der Waals surface area contributed by atoms with Crippen LogP contribution in [0.2, 0.25) is 0 Å². The van der Waals surface area contributed by atoms with Crippen molar-refractivity contribution in [3.8, 4) is 0 Å². The fourth-order valence-electron chi connectivity index (χ4n) is 2.60. The number of rotatable bonds is 7. The molecule has 1 aliphatic carbocycles. The van der Waals surface area contributed by atoms with E-state index in [1.165, 1.54) is 0 Å². The summed E-state index contributed by atoms with van der Waals surface area (Å²) in [5.41, 5.74) is 0.872. The highest BCUT2D eigenvalue weighted by molar-refractivity contribution is 5.76. The van der Waals surface area contributed by atoms with E-state index in [9.17, 15) is 9.59 Å². The van der Waals surface area contributed by atoms with E-state index in [0.29, 0.717) is 19.4 Å². The van der Waals surface area contributed by atoms with Gasteiger partial charge in [0.15, 0.2) is 0 Å². The van der Waals surface area contributed by atoms with Crippen molar-refractivity contribution in [2.45, 2.75) is 38.5 Å². The fourth-order valence-corrected chi connectivity index (χ4v) is 2.60. The average Bonchev–Trinajstić information content (AvgIpc) is 2.40. The molecule has 0 spiro atoms. The maximum absolute atomic E-state index is 11.8. The number of aromatic nitrogens is 1. The molecule has 2 N–H and O–H groups in total. The molecule has 0 aromatic carbocycles. The van der Waals surface area contributed by atoms with E-state index >= 15 is 0 Å². The second kappa shape index (κ2) is 6.50. The Morgan fingerprint density at radius 2 is 2.00 bits per heavy atom. The number of carbonyl (C=O) groups excluding carboxylic acids is 1. The average molecular weight is 276 g/mol. The number of nitrogens with zero attached hydrogens (tertiary/aromatic N) is 1. The Balaban J connectivity index is 1.73. The van der Waals surface area contributed by atoms with Crippen molar-refractivity contribution < 1.29 is 14.7 Å². The second-order valence-electron chi connectivity index (χ2n) is 5.56. The number of pyridine rings is 1. The highest BCUT2D eigenvalue weighted by Crippen LogP contribution is 2.43. The topological polar surface area (TPSA) is 79.3 Å². The molecule has 0 aliphatic heterocycles. The van der Waals surface area contributed by atoms with E-state index in [4.69, 9.17) is 5.11 Å². The Labute approximate surface area is 118 Å². The first-order valence-electron chi connectivity index (χ1n) is 6.97. The predicted molar refractivity (Wildman–Crippen MR) is 74.1 cm³/mol. The molecule has 1 aliphatic rings. The Bertz CT molecular complexity index is 469. The van der Waals surface area contributed by atoms with Crippen molar-refractivity contribution in [1.82, 2.24) is 10.3 Å². The molecule has 108 valence electrons.